The molecule has 2 amide bonds. The first-order chi connectivity index (χ1) is 10.1. The Labute approximate surface area is 128 Å². The van der Waals surface area contributed by atoms with Crippen LogP contribution in [0.5, 0.6) is 0 Å². The molecule has 0 aromatic heterocycles. The molecule has 2 heterocycles. The average Bonchev–Trinajstić information content (AvgIpc) is 2.52. The molecule has 0 aromatic carbocycles. The van der Waals surface area contributed by atoms with Gasteiger partial charge in [0.2, 0.25) is 11.8 Å². The minimum Gasteiger partial charge on any atom is -0.340 e. The third kappa shape index (κ3) is 4.43. The SMILES string of the molecule is CCC1CCCCN1C(=O)CCN1CCN(C(C)=O)CC1. The summed E-state index contributed by atoms with van der Waals surface area (Å²) in [4.78, 5) is 30.0. The fourth-order valence-electron chi connectivity index (χ4n) is 3.44. The Bertz CT molecular complexity index is 365. The summed E-state index contributed by atoms with van der Waals surface area (Å²) in [6.07, 6.45) is 5.27. The highest BCUT2D eigenvalue weighted by Crippen LogP contribution is 2.20. The van der Waals surface area contributed by atoms with Crippen molar-refractivity contribution in [2.24, 2.45) is 0 Å². The number of carbonyl (C=O) groups is 2. The summed E-state index contributed by atoms with van der Waals surface area (Å²) in [6, 6.07) is 0.459. The largest absolute Gasteiger partial charge is 0.340 e. The van der Waals surface area contributed by atoms with E-state index in [-0.39, 0.29) is 5.91 Å². The first kappa shape index (κ1) is 16.3. The van der Waals surface area contributed by atoms with Crippen molar-refractivity contribution in [2.75, 3.05) is 39.3 Å². The summed E-state index contributed by atoms with van der Waals surface area (Å²) in [5.74, 6) is 0.473. The topological polar surface area (TPSA) is 43.9 Å². The van der Waals surface area contributed by atoms with Gasteiger partial charge in [-0.05, 0) is 25.7 Å². The van der Waals surface area contributed by atoms with Crippen molar-refractivity contribution in [3.8, 4) is 0 Å². The lowest BCUT2D eigenvalue weighted by Crippen LogP contribution is -2.49. The van der Waals surface area contributed by atoms with Crippen LogP contribution in [-0.2, 0) is 9.59 Å². The molecule has 2 aliphatic heterocycles. The smallest absolute Gasteiger partial charge is 0.224 e. The molecule has 2 fully saturated rings. The van der Waals surface area contributed by atoms with Gasteiger partial charge in [0.25, 0.3) is 0 Å². The van der Waals surface area contributed by atoms with Crippen LogP contribution in [-0.4, -0.2) is 71.8 Å². The molecule has 1 unspecified atom stereocenters. The van der Waals surface area contributed by atoms with E-state index in [1.54, 1.807) is 6.92 Å². The Kier molecular flexibility index (Phi) is 6.03. The molecule has 0 N–H and O–H groups in total. The zero-order valence-electron chi connectivity index (χ0n) is 13.5. The molecule has 0 bridgehead atoms. The zero-order valence-corrected chi connectivity index (χ0v) is 13.5. The Morgan fingerprint density at radius 3 is 2.38 bits per heavy atom. The van der Waals surface area contributed by atoms with Gasteiger partial charge < -0.3 is 9.80 Å². The number of carbonyl (C=O) groups excluding carboxylic acids is 2. The van der Waals surface area contributed by atoms with Gasteiger partial charge in [-0.1, -0.05) is 6.92 Å². The van der Waals surface area contributed by atoms with Crippen LogP contribution in [0.3, 0.4) is 0 Å². The highest BCUT2D eigenvalue weighted by Gasteiger charge is 2.26. The molecule has 0 saturated carbocycles. The Balaban J connectivity index is 1.73. The van der Waals surface area contributed by atoms with Crippen LogP contribution < -0.4 is 0 Å². The van der Waals surface area contributed by atoms with Gasteiger partial charge in [0.05, 0.1) is 0 Å². The van der Waals surface area contributed by atoms with E-state index in [9.17, 15) is 9.59 Å². The monoisotopic (exact) mass is 295 g/mol. The van der Waals surface area contributed by atoms with Crippen LogP contribution in [0, 0.1) is 0 Å². The molecule has 0 radical (unpaired) electrons. The second kappa shape index (κ2) is 7.78. The molecule has 5 heteroatoms. The van der Waals surface area contributed by atoms with Crippen molar-refractivity contribution in [2.45, 2.75) is 52.0 Å². The quantitative estimate of drug-likeness (QED) is 0.786. The average molecular weight is 295 g/mol. The van der Waals surface area contributed by atoms with Gasteiger partial charge in [0.15, 0.2) is 0 Å². The molecule has 1 atom stereocenters. The number of piperidine rings is 1. The number of nitrogens with zero attached hydrogens (tertiary/aromatic N) is 3. The number of amides is 2. The van der Waals surface area contributed by atoms with Gasteiger partial charge in [0, 0.05) is 58.7 Å². The van der Waals surface area contributed by atoms with Gasteiger partial charge in [-0.25, -0.2) is 0 Å². The molecular formula is C16H29N3O2. The van der Waals surface area contributed by atoms with Crippen LogP contribution in [0.4, 0.5) is 0 Å². The number of hydrogen-bond donors (Lipinski definition) is 0. The molecule has 0 aliphatic carbocycles. The summed E-state index contributed by atoms with van der Waals surface area (Å²) in [5.41, 5.74) is 0. The maximum atomic E-state index is 12.4. The van der Waals surface area contributed by atoms with Gasteiger partial charge in [-0.15, -0.1) is 0 Å². The van der Waals surface area contributed by atoms with Gasteiger partial charge in [0.1, 0.15) is 0 Å². The number of hydrogen-bond acceptors (Lipinski definition) is 3. The van der Waals surface area contributed by atoms with Crippen molar-refractivity contribution in [3.05, 3.63) is 0 Å². The zero-order chi connectivity index (χ0) is 15.2. The summed E-state index contributed by atoms with van der Waals surface area (Å²) < 4.78 is 0. The first-order valence-electron chi connectivity index (χ1n) is 8.39. The van der Waals surface area contributed by atoms with E-state index >= 15 is 0 Å². The first-order valence-corrected chi connectivity index (χ1v) is 8.39. The lowest BCUT2D eigenvalue weighted by atomic mass is 9.99. The summed E-state index contributed by atoms with van der Waals surface area (Å²) >= 11 is 0. The molecule has 2 rings (SSSR count). The van der Waals surface area contributed by atoms with Crippen molar-refractivity contribution < 1.29 is 9.59 Å². The Morgan fingerprint density at radius 1 is 1.05 bits per heavy atom. The number of rotatable bonds is 4. The minimum atomic E-state index is 0.157. The van der Waals surface area contributed by atoms with E-state index in [0.29, 0.717) is 18.4 Å². The van der Waals surface area contributed by atoms with Crippen molar-refractivity contribution in [1.29, 1.82) is 0 Å². The van der Waals surface area contributed by atoms with Crippen LogP contribution >= 0.6 is 0 Å². The van der Waals surface area contributed by atoms with E-state index < -0.39 is 0 Å². The Hall–Kier alpha value is -1.10. The predicted molar refractivity (Wildman–Crippen MR) is 83.0 cm³/mol. The molecule has 2 aliphatic rings. The molecule has 0 spiro atoms. The fraction of sp³-hybridized carbons (Fsp3) is 0.875. The normalized spacial score (nSPS) is 24.2. The minimum absolute atomic E-state index is 0.157. The standard InChI is InChI=1S/C16H29N3O2/c1-3-15-6-4-5-8-19(15)16(21)7-9-17-10-12-18(13-11-17)14(2)20/h15H,3-13H2,1-2H3. The van der Waals surface area contributed by atoms with Crippen LogP contribution in [0.1, 0.15) is 46.0 Å². The third-order valence-corrected chi connectivity index (χ3v) is 4.88. The second-order valence-corrected chi connectivity index (χ2v) is 6.24. The van der Waals surface area contributed by atoms with Crippen molar-refractivity contribution in [1.82, 2.24) is 14.7 Å². The highest BCUT2D eigenvalue weighted by molar-refractivity contribution is 5.77. The maximum absolute atomic E-state index is 12.4. The van der Waals surface area contributed by atoms with E-state index in [0.717, 1.165) is 52.1 Å². The summed E-state index contributed by atoms with van der Waals surface area (Å²) in [7, 11) is 0. The van der Waals surface area contributed by atoms with E-state index in [1.165, 1.54) is 12.8 Å². The predicted octanol–water partition coefficient (Wildman–Crippen LogP) is 1.33. The maximum Gasteiger partial charge on any atom is 0.224 e. The van der Waals surface area contributed by atoms with E-state index in [4.69, 9.17) is 0 Å². The molecule has 0 aromatic rings. The van der Waals surface area contributed by atoms with Crippen molar-refractivity contribution in [3.63, 3.8) is 0 Å². The molecule has 120 valence electrons. The second-order valence-electron chi connectivity index (χ2n) is 6.24. The molecular weight excluding hydrogens is 266 g/mol. The fourth-order valence-corrected chi connectivity index (χ4v) is 3.44. The summed E-state index contributed by atoms with van der Waals surface area (Å²) in [5, 5.41) is 0. The molecule has 5 nitrogen and oxygen atoms in total. The van der Waals surface area contributed by atoms with Gasteiger partial charge >= 0.3 is 0 Å². The summed E-state index contributed by atoms with van der Waals surface area (Å²) in [6.45, 7) is 8.95. The number of piperazine rings is 1. The highest BCUT2D eigenvalue weighted by atomic mass is 16.2. The molecule has 2 saturated heterocycles. The van der Waals surface area contributed by atoms with Crippen LogP contribution in [0.2, 0.25) is 0 Å². The lowest BCUT2D eigenvalue weighted by Gasteiger charge is -2.37. The lowest BCUT2D eigenvalue weighted by molar-refractivity contribution is -0.136. The van der Waals surface area contributed by atoms with Crippen molar-refractivity contribution >= 4 is 11.8 Å². The van der Waals surface area contributed by atoms with E-state index in [2.05, 4.69) is 16.7 Å². The van der Waals surface area contributed by atoms with Crippen LogP contribution in [0.25, 0.3) is 0 Å². The van der Waals surface area contributed by atoms with Gasteiger partial charge in [-0.3, -0.25) is 14.5 Å². The van der Waals surface area contributed by atoms with Gasteiger partial charge in [-0.2, -0.15) is 0 Å². The van der Waals surface area contributed by atoms with E-state index in [1.807, 2.05) is 4.90 Å². The number of likely N-dealkylation sites (tertiary alicyclic amines) is 1. The Morgan fingerprint density at radius 2 is 1.76 bits per heavy atom. The molecule has 21 heavy (non-hydrogen) atoms. The third-order valence-electron chi connectivity index (χ3n) is 4.88. The van der Waals surface area contributed by atoms with Crippen LogP contribution in [0.15, 0.2) is 0 Å².